The summed E-state index contributed by atoms with van der Waals surface area (Å²) >= 11 is 1.50. The minimum absolute atomic E-state index is 0.0127. The van der Waals surface area contributed by atoms with Gasteiger partial charge in [-0.05, 0) is 48.9 Å². The second kappa shape index (κ2) is 5.29. The molecule has 3 fully saturated rings. The predicted molar refractivity (Wildman–Crippen MR) is 93.5 cm³/mol. The van der Waals surface area contributed by atoms with Crippen molar-refractivity contribution in [3.63, 3.8) is 0 Å². The number of carbonyl (C=O) groups is 2. The third-order valence-electron chi connectivity index (χ3n) is 5.34. The number of thiophene rings is 1. The average Bonchev–Trinajstić information content (AvgIpc) is 3.03. The van der Waals surface area contributed by atoms with Crippen molar-refractivity contribution in [3.8, 4) is 0 Å². The maximum Gasteiger partial charge on any atom is 0.264 e. The molecule has 2 aromatic rings. The van der Waals surface area contributed by atoms with E-state index in [1.807, 2.05) is 29.2 Å². The highest BCUT2D eigenvalue weighted by Crippen LogP contribution is 2.30. The Hall–Kier alpha value is -1.92. The second-order valence-corrected chi connectivity index (χ2v) is 8.10. The van der Waals surface area contributed by atoms with E-state index in [9.17, 15) is 9.59 Å². The number of nitrogens with zero attached hydrogens (tertiary/aromatic N) is 1. The van der Waals surface area contributed by atoms with E-state index in [0.29, 0.717) is 17.6 Å². The first-order valence-corrected chi connectivity index (χ1v) is 9.39. The molecule has 0 radical (unpaired) electrons. The highest BCUT2D eigenvalue weighted by atomic mass is 32.1. The van der Waals surface area contributed by atoms with E-state index in [-0.39, 0.29) is 17.9 Å². The number of hydrogen-bond donors (Lipinski definition) is 2. The Balaban J connectivity index is 1.36. The van der Waals surface area contributed by atoms with E-state index in [2.05, 4.69) is 10.6 Å². The molecule has 3 saturated heterocycles. The van der Waals surface area contributed by atoms with Gasteiger partial charge in [0.05, 0.1) is 4.88 Å². The van der Waals surface area contributed by atoms with Crippen LogP contribution in [0.1, 0.15) is 39.3 Å². The van der Waals surface area contributed by atoms with Gasteiger partial charge in [0.15, 0.2) is 0 Å². The molecule has 3 atom stereocenters. The highest BCUT2D eigenvalue weighted by Gasteiger charge is 2.39. The lowest BCUT2D eigenvalue weighted by molar-refractivity contribution is 0.0888. The highest BCUT2D eigenvalue weighted by molar-refractivity contribution is 7.20. The molecule has 5 rings (SSSR count). The third kappa shape index (κ3) is 2.41. The molecule has 124 valence electrons. The van der Waals surface area contributed by atoms with Crippen LogP contribution in [0.25, 0.3) is 10.1 Å². The van der Waals surface area contributed by atoms with E-state index >= 15 is 0 Å². The maximum atomic E-state index is 12.6. The minimum atomic E-state index is -0.0127. The van der Waals surface area contributed by atoms with Crippen LogP contribution in [0.5, 0.6) is 0 Å². The number of amides is 2. The van der Waals surface area contributed by atoms with Gasteiger partial charge in [-0.1, -0.05) is 0 Å². The molecule has 0 aliphatic carbocycles. The van der Waals surface area contributed by atoms with Gasteiger partial charge in [-0.2, -0.15) is 0 Å². The molecular formula is C18H19N3O2S. The van der Waals surface area contributed by atoms with Crippen LogP contribution in [0.4, 0.5) is 0 Å². The first-order chi connectivity index (χ1) is 11.7. The summed E-state index contributed by atoms with van der Waals surface area (Å²) in [5.74, 6) is 0.0940. The van der Waals surface area contributed by atoms with Crippen molar-refractivity contribution in [2.75, 3.05) is 13.1 Å². The lowest BCUT2D eigenvalue weighted by Crippen LogP contribution is -2.42. The van der Waals surface area contributed by atoms with Crippen molar-refractivity contribution in [2.45, 2.75) is 37.4 Å². The summed E-state index contributed by atoms with van der Waals surface area (Å²) in [6.45, 7) is 1.72. The monoisotopic (exact) mass is 341 g/mol. The Morgan fingerprint density at radius 3 is 2.79 bits per heavy atom. The van der Waals surface area contributed by atoms with Crippen molar-refractivity contribution in [3.05, 3.63) is 34.7 Å². The summed E-state index contributed by atoms with van der Waals surface area (Å²) in [6.07, 6.45) is 3.42. The van der Waals surface area contributed by atoms with Crippen LogP contribution in [-0.2, 0) is 0 Å². The Labute approximate surface area is 144 Å². The molecule has 6 heteroatoms. The van der Waals surface area contributed by atoms with Gasteiger partial charge in [-0.15, -0.1) is 11.3 Å². The molecule has 5 nitrogen and oxygen atoms in total. The van der Waals surface area contributed by atoms with Crippen molar-refractivity contribution in [1.29, 1.82) is 0 Å². The third-order valence-corrected chi connectivity index (χ3v) is 6.44. The molecule has 2 amide bonds. The fourth-order valence-corrected chi connectivity index (χ4v) is 4.95. The van der Waals surface area contributed by atoms with Crippen LogP contribution in [0.15, 0.2) is 24.3 Å². The number of benzene rings is 1. The van der Waals surface area contributed by atoms with Crippen LogP contribution < -0.4 is 10.6 Å². The van der Waals surface area contributed by atoms with Crippen LogP contribution in [0, 0.1) is 0 Å². The summed E-state index contributed by atoms with van der Waals surface area (Å²) in [7, 11) is 0. The second-order valence-electron chi connectivity index (χ2n) is 7.02. The zero-order chi connectivity index (χ0) is 16.3. The van der Waals surface area contributed by atoms with Crippen LogP contribution >= 0.6 is 11.3 Å². The van der Waals surface area contributed by atoms with Gasteiger partial charge >= 0.3 is 0 Å². The molecule has 1 aromatic heterocycles. The molecule has 0 unspecified atom stereocenters. The molecule has 2 N–H and O–H groups in total. The SMILES string of the molecule is O=C(N[C@@H]1C[C@H]2CC[C@@H]1N2)c1ccc2sc(C(=O)N3CC3)cc2c1. The lowest BCUT2D eigenvalue weighted by Gasteiger charge is -2.21. The molecule has 1 aromatic carbocycles. The fourth-order valence-electron chi connectivity index (χ4n) is 3.93. The zero-order valence-electron chi connectivity index (χ0n) is 13.2. The topological polar surface area (TPSA) is 61.2 Å². The molecule has 24 heavy (non-hydrogen) atoms. The van der Waals surface area contributed by atoms with Crippen molar-refractivity contribution in [2.24, 2.45) is 0 Å². The van der Waals surface area contributed by atoms with E-state index in [4.69, 9.17) is 0 Å². The quantitative estimate of drug-likeness (QED) is 0.839. The molecule has 4 heterocycles. The van der Waals surface area contributed by atoms with Gasteiger partial charge in [0.25, 0.3) is 11.8 Å². The zero-order valence-corrected chi connectivity index (χ0v) is 14.1. The number of nitrogens with one attached hydrogen (secondary N) is 2. The van der Waals surface area contributed by atoms with E-state index in [1.54, 1.807) is 0 Å². The van der Waals surface area contributed by atoms with Gasteiger partial charge in [0, 0.05) is 41.5 Å². The number of carbonyl (C=O) groups excluding carboxylic acids is 2. The predicted octanol–water partition coefficient (Wildman–Crippen LogP) is 1.98. The molecular weight excluding hydrogens is 322 g/mol. The Morgan fingerprint density at radius 1 is 1.21 bits per heavy atom. The molecule has 0 saturated carbocycles. The maximum absolute atomic E-state index is 12.6. The van der Waals surface area contributed by atoms with Crippen LogP contribution in [-0.4, -0.2) is 47.9 Å². The minimum Gasteiger partial charge on any atom is -0.348 e. The van der Waals surface area contributed by atoms with Crippen molar-refractivity contribution < 1.29 is 9.59 Å². The van der Waals surface area contributed by atoms with Gasteiger partial charge < -0.3 is 15.5 Å². The van der Waals surface area contributed by atoms with Crippen LogP contribution in [0.3, 0.4) is 0 Å². The summed E-state index contributed by atoms with van der Waals surface area (Å²) in [4.78, 5) is 27.3. The van der Waals surface area contributed by atoms with Crippen molar-refractivity contribution in [1.82, 2.24) is 15.5 Å². The van der Waals surface area contributed by atoms with Crippen molar-refractivity contribution >= 4 is 33.2 Å². The van der Waals surface area contributed by atoms with E-state index < -0.39 is 0 Å². The molecule has 2 bridgehead atoms. The number of hydrogen-bond acceptors (Lipinski definition) is 4. The summed E-state index contributed by atoms with van der Waals surface area (Å²) in [5, 5.41) is 7.69. The number of fused-ring (bicyclic) bond motifs is 3. The summed E-state index contributed by atoms with van der Waals surface area (Å²) in [5.41, 5.74) is 0.675. The average molecular weight is 341 g/mol. The largest absolute Gasteiger partial charge is 0.348 e. The smallest absolute Gasteiger partial charge is 0.264 e. The Bertz CT molecular complexity index is 842. The summed E-state index contributed by atoms with van der Waals surface area (Å²) < 4.78 is 1.05. The lowest BCUT2D eigenvalue weighted by atomic mass is 9.95. The van der Waals surface area contributed by atoms with Crippen LogP contribution in [0.2, 0.25) is 0 Å². The van der Waals surface area contributed by atoms with Gasteiger partial charge in [0.2, 0.25) is 0 Å². The molecule has 3 aliphatic heterocycles. The molecule has 0 spiro atoms. The normalized spacial score (nSPS) is 27.7. The van der Waals surface area contributed by atoms with E-state index in [0.717, 1.165) is 40.9 Å². The van der Waals surface area contributed by atoms with Gasteiger partial charge in [-0.3, -0.25) is 9.59 Å². The first-order valence-electron chi connectivity index (χ1n) is 8.57. The Kier molecular flexibility index (Phi) is 3.18. The number of rotatable bonds is 3. The Morgan fingerprint density at radius 2 is 2.08 bits per heavy atom. The van der Waals surface area contributed by atoms with E-state index in [1.165, 1.54) is 17.8 Å². The fraction of sp³-hybridized carbons (Fsp3) is 0.444. The summed E-state index contributed by atoms with van der Waals surface area (Å²) in [6, 6.07) is 8.88. The standard InChI is InChI=1S/C18H19N3O2S/c22-17(20-14-9-12-2-3-13(14)19-12)10-1-4-15-11(7-10)8-16(24-15)18(23)21-5-6-21/h1,4,7-8,12-14,19H,2-3,5-6,9H2,(H,20,22)/t12-,13+,14-/m1/s1. The molecule has 3 aliphatic rings. The van der Waals surface area contributed by atoms with Gasteiger partial charge in [0.1, 0.15) is 0 Å². The first kappa shape index (κ1) is 14.4. The van der Waals surface area contributed by atoms with Gasteiger partial charge in [-0.25, -0.2) is 0 Å².